The molecule has 0 bridgehead atoms. The Bertz CT molecular complexity index is 514. The first-order valence-electron chi connectivity index (χ1n) is 5.57. The number of amides is 1. The third-order valence-electron chi connectivity index (χ3n) is 2.23. The topological polar surface area (TPSA) is 101 Å². The summed E-state index contributed by atoms with van der Waals surface area (Å²) in [6.07, 6.45) is 0.327. The van der Waals surface area contributed by atoms with Crippen molar-refractivity contribution in [2.45, 2.75) is 18.2 Å². The van der Waals surface area contributed by atoms with Crippen molar-refractivity contribution >= 4 is 21.6 Å². The molecule has 18 heavy (non-hydrogen) atoms. The Kier molecular flexibility index (Phi) is 5.26. The molecule has 100 valence electrons. The van der Waals surface area contributed by atoms with Gasteiger partial charge < -0.3 is 10.6 Å². The molecule has 0 saturated carbocycles. The SMILES string of the molecule is CCNCCC(=O)Nc1cccc(S(N)(=O)=O)c1. The normalized spacial score (nSPS) is 11.2. The molecular formula is C11H17N3O3S. The second kappa shape index (κ2) is 6.48. The summed E-state index contributed by atoms with van der Waals surface area (Å²) in [6, 6.07) is 5.85. The lowest BCUT2D eigenvalue weighted by Crippen LogP contribution is -2.21. The molecule has 1 aromatic rings. The summed E-state index contributed by atoms with van der Waals surface area (Å²) in [7, 11) is -3.75. The van der Waals surface area contributed by atoms with Gasteiger partial charge in [-0.05, 0) is 24.7 Å². The molecule has 1 rings (SSSR count). The van der Waals surface area contributed by atoms with Gasteiger partial charge in [0.1, 0.15) is 0 Å². The van der Waals surface area contributed by atoms with Crippen LogP contribution < -0.4 is 15.8 Å². The maximum Gasteiger partial charge on any atom is 0.238 e. The zero-order valence-electron chi connectivity index (χ0n) is 10.1. The average molecular weight is 271 g/mol. The van der Waals surface area contributed by atoms with Crippen LogP contribution in [0.1, 0.15) is 13.3 Å². The Morgan fingerprint density at radius 1 is 1.39 bits per heavy atom. The molecule has 7 heteroatoms. The fourth-order valence-corrected chi connectivity index (χ4v) is 1.91. The highest BCUT2D eigenvalue weighted by atomic mass is 32.2. The van der Waals surface area contributed by atoms with Gasteiger partial charge in [-0.3, -0.25) is 4.79 Å². The summed E-state index contributed by atoms with van der Waals surface area (Å²) in [5.74, 6) is -0.178. The van der Waals surface area contributed by atoms with Crippen LogP contribution in [0.3, 0.4) is 0 Å². The van der Waals surface area contributed by atoms with Crippen LogP contribution in [0.2, 0.25) is 0 Å². The third kappa shape index (κ3) is 4.82. The van der Waals surface area contributed by atoms with Crippen molar-refractivity contribution in [3.63, 3.8) is 0 Å². The van der Waals surface area contributed by atoms with E-state index in [-0.39, 0.29) is 10.8 Å². The third-order valence-corrected chi connectivity index (χ3v) is 3.14. The maximum atomic E-state index is 11.5. The predicted octanol–water partition coefficient (Wildman–Crippen LogP) is 0.272. The van der Waals surface area contributed by atoms with Crippen molar-refractivity contribution in [3.8, 4) is 0 Å². The van der Waals surface area contributed by atoms with E-state index in [9.17, 15) is 13.2 Å². The lowest BCUT2D eigenvalue weighted by atomic mass is 10.3. The van der Waals surface area contributed by atoms with Crippen LogP contribution >= 0.6 is 0 Å². The Morgan fingerprint density at radius 3 is 2.72 bits per heavy atom. The molecule has 0 unspecified atom stereocenters. The van der Waals surface area contributed by atoms with Gasteiger partial charge in [-0.2, -0.15) is 0 Å². The van der Waals surface area contributed by atoms with Crippen molar-refractivity contribution in [3.05, 3.63) is 24.3 Å². The largest absolute Gasteiger partial charge is 0.326 e. The fourth-order valence-electron chi connectivity index (χ4n) is 1.35. The number of carbonyl (C=O) groups is 1. The van der Waals surface area contributed by atoms with Gasteiger partial charge in [0.05, 0.1) is 4.90 Å². The lowest BCUT2D eigenvalue weighted by molar-refractivity contribution is -0.116. The summed E-state index contributed by atoms with van der Waals surface area (Å²) < 4.78 is 22.3. The van der Waals surface area contributed by atoms with E-state index in [4.69, 9.17) is 5.14 Å². The van der Waals surface area contributed by atoms with Gasteiger partial charge in [0.25, 0.3) is 0 Å². The fraction of sp³-hybridized carbons (Fsp3) is 0.364. The van der Waals surface area contributed by atoms with Crippen LogP contribution in [0.4, 0.5) is 5.69 Å². The van der Waals surface area contributed by atoms with Crippen molar-refractivity contribution in [1.29, 1.82) is 0 Å². The standard InChI is InChI=1S/C11H17N3O3S/c1-2-13-7-6-11(15)14-9-4-3-5-10(8-9)18(12,16)17/h3-5,8,13H,2,6-7H2,1H3,(H,14,15)(H2,12,16,17). The minimum Gasteiger partial charge on any atom is -0.326 e. The Hall–Kier alpha value is -1.44. The first kappa shape index (κ1) is 14.6. The van der Waals surface area contributed by atoms with Gasteiger partial charge in [0.15, 0.2) is 0 Å². The van der Waals surface area contributed by atoms with E-state index >= 15 is 0 Å². The molecule has 0 radical (unpaired) electrons. The number of sulfonamides is 1. The summed E-state index contributed by atoms with van der Waals surface area (Å²) in [4.78, 5) is 11.5. The van der Waals surface area contributed by atoms with E-state index in [0.29, 0.717) is 18.7 Å². The van der Waals surface area contributed by atoms with E-state index in [1.54, 1.807) is 6.07 Å². The Balaban J connectivity index is 2.65. The zero-order chi connectivity index (χ0) is 13.6. The van der Waals surface area contributed by atoms with Gasteiger partial charge >= 0.3 is 0 Å². The molecule has 1 aromatic carbocycles. The molecule has 6 nitrogen and oxygen atoms in total. The van der Waals surface area contributed by atoms with Crippen LogP contribution in [-0.2, 0) is 14.8 Å². The molecule has 0 fully saturated rings. The highest BCUT2D eigenvalue weighted by molar-refractivity contribution is 7.89. The monoisotopic (exact) mass is 271 g/mol. The molecule has 1 amide bonds. The number of benzene rings is 1. The smallest absolute Gasteiger partial charge is 0.238 e. The molecule has 0 saturated heterocycles. The van der Waals surface area contributed by atoms with E-state index in [2.05, 4.69) is 10.6 Å². The Labute approximate surface area is 107 Å². The Morgan fingerprint density at radius 2 is 2.11 bits per heavy atom. The minimum absolute atomic E-state index is 0.0213. The minimum atomic E-state index is -3.75. The van der Waals surface area contributed by atoms with Crippen molar-refractivity contribution in [2.24, 2.45) is 5.14 Å². The number of primary sulfonamides is 1. The number of rotatable bonds is 6. The quantitative estimate of drug-likeness (QED) is 0.646. The van der Waals surface area contributed by atoms with E-state index in [1.807, 2.05) is 6.92 Å². The number of nitrogens with two attached hydrogens (primary N) is 1. The van der Waals surface area contributed by atoms with Gasteiger partial charge in [0, 0.05) is 18.7 Å². The molecule has 0 aliphatic carbocycles. The molecule has 4 N–H and O–H groups in total. The van der Waals surface area contributed by atoms with Gasteiger partial charge in [-0.25, -0.2) is 13.6 Å². The van der Waals surface area contributed by atoms with Gasteiger partial charge in [-0.15, -0.1) is 0 Å². The molecule has 0 aliphatic heterocycles. The van der Waals surface area contributed by atoms with Crippen LogP contribution in [0.15, 0.2) is 29.2 Å². The predicted molar refractivity (Wildman–Crippen MR) is 69.6 cm³/mol. The summed E-state index contributed by atoms with van der Waals surface area (Å²) >= 11 is 0. The number of anilines is 1. The van der Waals surface area contributed by atoms with Gasteiger partial charge in [-0.1, -0.05) is 13.0 Å². The van der Waals surface area contributed by atoms with E-state index < -0.39 is 10.0 Å². The molecule has 0 aliphatic rings. The number of hydrogen-bond acceptors (Lipinski definition) is 4. The van der Waals surface area contributed by atoms with Crippen molar-refractivity contribution < 1.29 is 13.2 Å². The van der Waals surface area contributed by atoms with Crippen molar-refractivity contribution in [2.75, 3.05) is 18.4 Å². The number of hydrogen-bond donors (Lipinski definition) is 3. The number of nitrogens with one attached hydrogen (secondary N) is 2. The van der Waals surface area contributed by atoms with Crippen LogP contribution in [0.5, 0.6) is 0 Å². The van der Waals surface area contributed by atoms with Crippen molar-refractivity contribution in [1.82, 2.24) is 5.32 Å². The second-order valence-corrected chi connectivity index (χ2v) is 5.29. The summed E-state index contributed by atoms with van der Waals surface area (Å²) in [6.45, 7) is 3.33. The molecule has 0 atom stereocenters. The summed E-state index contributed by atoms with van der Waals surface area (Å²) in [5.41, 5.74) is 0.419. The lowest BCUT2D eigenvalue weighted by Gasteiger charge is -2.06. The molecular weight excluding hydrogens is 254 g/mol. The first-order chi connectivity index (χ1) is 8.43. The zero-order valence-corrected chi connectivity index (χ0v) is 11.0. The van der Waals surface area contributed by atoms with E-state index in [1.165, 1.54) is 18.2 Å². The second-order valence-electron chi connectivity index (χ2n) is 3.72. The maximum absolute atomic E-state index is 11.5. The van der Waals surface area contributed by atoms with Crippen LogP contribution in [0.25, 0.3) is 0 Å². The molecule has 0 aromatic heterocycles. The van der Waals surface area contributed by atoms with Gasteiger partial charge in [0.2, 0.25) is 15.9 Å². The number of carbonyl (C=O) groups excluding carboxylic acids is 1. The highest BCUT2D eigenvalue weighted by Gasteiger charge is 2.09. The molecule has 0 spiro atoms. The highest BCUT2D eigenvalue weighted by Crippen LogP contribution is 2.14. The van der Waals surface area contributed by atoms with Crippen LogP contribution in [-0.4, -0.2) is 27.4 Å². The van der Waals surface area contributed by atoms with Crippen LogP contribution in [0, 0.1) is 0 Å². The average Bonchev–Trinajstić information content (AvgIpc) is 2.28. The summed E-state index contributed by atoms with van der Waals surface area (Å²) in [5, 5.41) is 10.6. The first-order valence-corrected chi connectivity index (χ1v) is 7.11. The van der Waals surface area contributed by atoms with E-state index in [0.717, 1.165) is 6.54 Å². The molecule has 0 heterocycles.